The Kier molecular flexibility index (Phi) is 3.54. The Hall–Kier alpha value is -1.15. The van der Waals surface area contributed by atoms with Crippen LogP contribution in [0.15, 0.2) is 11.1 Å². The molecule has 0 atom stereocenters. The van der Waals surface area contributed by atoms with Crippen LogP contribution in [0.5, 0.6) is 11.6 Å². The highest BCUT2D eigenvalue weighted by Gasteiger charge is 2.30. The molecule has 0 aliphatic carbocycles. The summed E-state index contributed by atoms with van der Waals surface area (Å²) in [7, 11) is 1.46. The lowest BCUT2D eigenvalue weighted by atomic mass is 10.2. The van der Waals surface area contributed by atoms with Gasteiger partial charge in [0.1, 0.15) is 10.5 Å². The standard InChI is InChI=1S/C7H6ClF2NO4S/c1-15-7-4(6(9)10)5(16(8,13)14)3(12)2-11-7/h2,6,12H,1H3. The number of aromatic nitrogens is 1. The number of halogens is 3. The lowest BCUT2D eigenvalue weighted by molar-refractivity contribution is 0.141. The summed E-state index contributed by atoms with van der Waals surface area (Å²) in [6, 6.07) is 0. The molecule has 0 aliphatic heterocycles. The second kappa shape index (κ2) is 4.38. The van der Waals surface area contributed by atoms with E-state index in [4.69, 9.17) is 10.7 Å². The molecule has 0 saturated heterocycles. The Morgan fingerprint density at radius 3 is 2.50 bits per heavy atom. The van der Waals surface area contributed by atoms with Crippen molar-refractivity contribution in [2.24, 2.45) is 0 Å². The van der Waals surface area contributed by atoms with Crippen molar-refractivity contribution in [3.05, 3.63) is 11.8 Å². The van der Waals surface area contributed by atoms with Gasteiger partial charge in [-0.05, 0) is 0 Å². The van der Waals surface area contributed by atoms with Gasteiger partial charge in [0.15, 0.2) is 5.75 Å². The van der Waals surface area contributed by atoms with E-state index in [1.807, 2.05) is 0 Å². The first-order valence-corrected chi connectivity index (χ1v) is 6.08. The maximum absolute atomic E-state index is 12.6. The first kappa shape index (κ1) is 12.9. The summed E-state index contributed by atoms with van der Waals surface area (Å²) in [6.45, 7) is 0. The van der Waals surface area contributed by atoms with Crippen LogP contribution in [0.1, 0.15) is 12.0 Å². The van der Waals surface area contributed by atoms with Gasteiger partial charge in [-0.3, -0.25) is 0 Å². The van der Waals surface area contributed by atoms with Crippen molar-refractivity contribution in [2.75, 3.05) is 7.11 Å². The van der Waals surface area contributed by atoms with E-state index in [9.17, 15) is 22.3 Å². The normalized spacial score (nSPS) is 11.8. The molecule has 0 saturated carbocycles. The van der Waals surface area contributed by atoms with Crippen LogP contribution >= 0.6 is 10.7 Å². The molecule has 5 nitrogen and oxygen atoms in total. The molecule has 0 radical (unpaired) electrons. The van der Waals surface area contributed by atoms with Crippen LogP contribution in [0.2, 0.25) is 0 Å². The number of nitrogens with zero attached hydrogens (tertiary/aromatic N) is 1. The molecule has 16 heavy (non-hydrogen) atoms. The second-order valence-corrected chi connectivity index (χ2v) is 5.14. The number of aromatic hydroxyl groups is 1. The molecule has 1 aromatic heterocycles. The summed E-state index contributed by atoms with van der Waals surface area (Å²) in [5.41, 5.74) is -1.06. The lowest BCUT2D eigenvalue weighted by Gasteiger charge is -2.11. The summed E-state index contributed by atoms with van der Waals surface area (Å²) in [4.78, 5) is 2.23. The molecule has 0 aliphatic rings. The molecule has 0 aromatic carbocycles. The minimum atomic E-state index is -4.52. The molecule has 1 rings (SSSR count). The summed E-state index contributed by atoms with van der Waals surface area (Å²) in [5, 5.41) is 9.18. The third kappa shape index (κ3) is 2.33. The predicted molar refractivity (Wildman–Crippen MR) is 50.4 cm³/mol. The average Bonchev–Trinajstić information content (AvgIpc) is 2.15. The lowest BCUT2D eigenvalue weighted by Crippen LogP contribution is -2.04. The summed E-state index contributed by atoms with van der Waals surface area (Å²) >= 11 is 0. The average molecular weight is 274 g/mol. The van der Waals surface area contributed by atoms with Crippen LogP contribution in [0, 0.1) is 0 Å². The molecule has 1 heterocycles. The quantitative estimate of drug-likeness (QED) is 0.848. The smallest absolute Gasteiger partial charge is 0.270 e. The topological polar surface area (TPSA) is 76.5 Å². The maximum atomic E-state index is 12.6. The number of hydrogen-bond acceptors (Lipinski definition) is 5. The first-order valence-electron chi connectivity index (χ1n) is 3.77. The molecular weight excluding hydrogens is 268 g/mol. The third-order valence-electron chi connectivity index (χ3n) is 1.67. The monoisotopic (exact) mass is 273 g/mol. The highest BCUT2D eigenvalue weighted by Crippen LogP contribution is 2.39. The predicted octanol–water partition coefficient (Wildman–Crippen LogP) is 1.66. The van der Waals surface area contributed by atoms with E-state index in [0.717, 1.165) is 7.11 Å². The molecule has 0 unspecified atom stereocenters. The SMILES string of the molecule is COc1ncc(O)c(S(=O)(=O)Cl)c1C(F)F. The number of rotatable bonds is 3. The molecule has 0 amide bonds. The number of ether oxygens (including phenoxy) is 1. The minimum absolute atomic E-state index is 0.605. The first-order chi connectivity index (χ1) is 7.29. The summed E-state index contributed by atoms with van der Waals surface area (Å²) in [6.07, 6.45) is -2.53. The zero-order valence-electron chi connectivity index (χ0n) is 7.82. The van der Waals surface area contributed by atoms with Crippen LogP contribution in [-0.2, 0) is 9.05 Å². The van der Waals surface area contributed by atoms with E-state index in [1.165, 1.54) is 0 Å². The van der Waals surface area contributed by atoms with E-state index in [0.29, 0.717) is 6.20 Å². The number of methoxy groups -OCH3 is 1. The van der Waals surface area contributed by atoms with Crippen LogP contribution < -0.4 is 4.74 Å². The maximum Gasteiger partial charge on any atom is 0.270 e. The fourth-order valence-electron chi connectivity index (χ4n) is 1.09. The van der Waals surface area contributed by atoms with Crippen LogP contribution in [-0.4, -0.2) is 25.6 Å². The molecule has 1 aromatic rings. The van der Waals surface area contributed by atoms with Gasteiger partial charge >= 0.3 is 0 Å². The van der Waals surface area contributed by atoms with E-state index in [1.54, 1.807) is 0 Å². The van der Waals surface area contributed by atoms with E-state index in [-0.39, 0.29) is 0 Å². The highest BCUT2D eigenvalue weighted by atomic mass is 35.7. The Morgan fingerprint density at radius 1 is 1.56 bits per heavy atom. The van der Waals surface area contributed by atoms with Gasteiger partial charge in [-0.25, -0.2) is 22.2 Å². The zero-order chi connectivity index (χ0) is 12.5. The van der Waals surface area contributed by atoms with Gasteiger partial charge in [0.2, 0.25) is 5.88 Å². The molecule has 90 valence electrons. The van der Waals surface area contributed by atoms with E-state index >= 15 is 0 Å². The Morgan fingerprint density at radius 2 is 2.12 bits per heavy atom. The van der Waals surface area contributed by atoms with Gasteiger partial charge in [-0.2, -0.15) is 0 Å². The summed E-state index contributed by atoms with van der Waals surface area (Å²) in [5.74, 6) is -1.56. The Bertz CT molecular complexity index is 505. The zero-order valence-corrected chi connectivity index (χ0v) is 9.39. The Labute approximate surface area is 94.1 Å². The number of alkyl halides is 2. The largest absolute Gasteiger partial charge is 0.505 e. The minimum Gasteiger partial charge on any atom is -0.505 e. The highest BCUT2D eigenvalue weighted by molar-refractivity contribution is 8.13. The van der Waals surface area contributed by atoms with Gasteiger partial charge in [-0.1, -0.05) is 0 Å². The van der Waals surface area contributed by atoms with Gasteiger partial charge in [0, 0.05) is 10.7 Å². The van der Waals surface area contributed by atoms with Crippen LogP contribution in [0.3, 0.4) is 0 Å². The van der Waals surface area contributed by atoms with Crippen molar-refractivity contribution in [3.63, 3.8) is 0 Å². The van der Waals surface area contributed by atoms with Gasteiger partial charge in [0.05, 0.1) is 13.3 Å². The van der Waals surface area contributed by atoms with Crippen LogP contribution in [0.25, 0.3) is 0 Å². The van der Waals surface area contributed by atoms with Crippen molar-refractivity contribution in [2.45, 2.75) is 11.3 Å². The van der Waals surface area contributed by atoms with Crippen molar-refractivity contribution in [1.82, 2.24) is 4.98 Å². The molecular formula is C7H6ClF2NO4S. The van der Waals surface area contributed by atoms with Crippen molar-refractivity contribution in [3.8, 4) is 11.6 Å². The third-order valence-corrected chi connectivity index (χ3v) is 3.05. The number of hydrogen-bond donors (Lipinski definition) is 1. The fourth-order valence-corrected chi connectivity index (χ4v) is 2.32. The molecule has 9 heteroatoms. The molecule has 1 N–H and O–H groups in total. The molecule has 0 fully saturated rings. The fraction of sp³-hybridized carbons (Fsp3) is 0.286. The van der Waals surface area contributed by atoms with Crippen molar-refractivity contribution in [1.29, 1.82) is 0 Å². The number of pyridine rings is 1. The van der Waals surface area contributed by atoms with Gasteiger partial charge in [0.25, 0.3) is 15.5 Å². The molecule has 0 bridgehead atoms. The van der Waals surface area contributed by atoms with Gasteiger partial charge < -0.3 is 9.84 Å². The van der Waals surface area contributed by atoms with E-state index < -0.39 is 37.6 Å². The Balaban J connectivity index is 3.69. The van der Waals surface area contributed by atoms with Crippen molar-refractivity contribution >= 4 is 19.7 Å². The van der Waals surface area contributed by atoms with Crippen molar-refractivity contribution < 1.29 is 27.0 Å². The second-order valence-electron chi connectivity index (χ2n) is 2.63. The van der Waals surface area contributed by atoms with Gasteiger partial charge in [-0.15, -0.1) is 0 Å². The summed E-state index contributed by atoms with van der Waals surface area (Å²) < 4.78 is 51.8. The van der Waals surface area contributed by atoms with Crippen LogP contribution in [0.4, 0.5) is 8.78 Å². The van der Waals surface area contributed by atoms with E-state index in [2.05, 4.69) is 9.72 Å². The molecule has 0 spiro atoms.